The van der Waals surface area contributed by atoms with Crippen molar-refractivity contribution in [3.05, 3.63) is 18.1 Å². The largest absolute Gasteiger partial charge is 0.433 e. The molecule has 0 saturated heterocycles. The first-order valence-electron chi connectivity index (χ1n) is 5.17. The van der Waals surface area contributed by atoms with Gasteiger partial charge in [-0.2, -0.15) is 13.2 Å². The average Bonchev–Trinajstić information content (AvgIpc) is 2.24. The normalized spacial score (nSPS) is 28.6. The summed E-state index contributed by atoms with van der Waals surface area (Å²) < 4.78 is 37.2. The molecule has 1 heterocycles. The summed E-state index contributed by atoms with van der Waals surface area (Å²) in [6.07, 6.45) is -2.29. The summed E-state index contributed by atoms with van der Waals surface area (Å²) in [5.41, 5.74) is -1.88. The lowest BCUT2D eigenvalue weighted by Gasteiger charge is -2.43. The van der Waals surface area contributed by atoms with Crippen molar-refractivity contribution in [3.63, 3.8) is 0 Å². The molecule has 94 valence electrons. The predicted molar refractivity (Wildman–Crippen MR) is 54.3 cm³/mol. The van der Waals surface area contributed by atoms with Crippen LogP contribution in [0.15, 0.2) is 12.4 Å². The molecule has 1 saturated carbocycles. The minimum Gasteiger partial charge on any atom is -0.388 e. The van der Waals surface area contributed by atoms with Crippen LogP contribution in [-0.4, -0.2) is 26.7 Å². The number of alkyl halides is 3. The van der Waals surface area contributed by atoms with E-state index in [0.717, 1.165) is 12.4 Å². The van der Waals surface area contributed by atoms with E-state index in [4.69, 9.17) is 0 Å². The summed E-state index contributed by atoms with van der Waals surface area (Å²) in [7, 11) is 0. The summed E-state index contributed by atoms with van der Waals surface area (Å²) in [5, 5.41) is 12.5. The van der Waals surface area contributed by atoms with E-state index in [9.17, 15) is 18.3 Å². The lowest BCUT2D eigenvalue weighted by Crippen LogP contribution is -2.53. The zero-order valence-electron chi connectivity index (χ0n) is 9.12. The summed E-state index contributed by atoms with van der Waals surface area (Å²) in [5.74, 6) is 0.0808. The fourth-order valence-electron chi connectivity index (χ4n) is 1.70. The van der Waals surface area contributed by atoms with E-state index < -0.39 is 17.5 Å². The Bertz CT molecular complexity index is 420. The third-order valence-corrected chi connectivity index (χ3v) is 2.97. The summed E-state index contributed by atoms with van der Waals surface area (Å²) in [6.45, 7) is 1.64. The maximum absolute atomic E-state index is 12.4. The van der Waals surface area contributed by atoms with Gasteiger partial charge in [-0.15, -0.1) is 0 Å². The molecule has 1 aromatic heterocycles. The van der Waals surface area contributed by atoms with Crippen LogP contribution in [0, 0.1) is 0 Å². The maximum atomic E-state index is 12.4. The number of anilines is 1. The van der Waals surface area contributed by atoms with Crippen LogP contribution < -0.4 is 5.32 Å². The van der Waals surface area contributed by atoms with Crippen molar-refractivity contribution in [2.75, 3.05) is 5.32 Å². The van der Waals surface area contributed by atoms with Gasteiger partial charge in [-0.3, -0.25) is 0 Å². The molecule has 7 heteroatoms. The van der Waals surface area contributed by atoms with Crippen LogP contribution in [0.5, 0.6) is 0 Å². The van der Waals surface area contributed by atoms with E-state index in [2.05, 4.69) is 15.3 Å². The molecular formula is C10H12F3N3O. The number of aromatic nitrogens is 2. The second-order valence-corrected chi connectivity index (χ2v) is 4.38. The summed E-state index contributed by atoms with van der Waals surface area (Å²) >= 11 is 0. The Morgan fingerprint density at radius 1 is 1.47 bits per heavy atom. The van der Waals surface area contributed by atoms with E-state index >= 15 is 0 Å². The van der Waals surface area contributed by atoms with Crippen LogP contribution in [0.25, 0.3) is 0 Å². The monoisotopic (exact) mass is 247 g/mol. The molecule has 2 atom stereocenters. The number of nitrogens with one attached hydrogen (secondary N) is 1. The lowest BCUT2D eigenvalue weighted by molar-refractivity contribution is -0.141. The van der Waals surface area contributed by atoms with Gasteiger partial charge in [0.05, 0.1) is 11.6 Å². The predicted octanol–water partition coefficient (Wildman–Crippen LogP) is 1.82. The van der Waals surface area contributed by atoms with E-state index in [1.807, 2.05) is 0 Å². The van der Waals surface area contributed by atoms with Crippen molar-refractivity contribution in [2.24, 2.45) is 0 Å². The van der Waals surface area contributed by atoms with Gasteiger partial charge >= 0.3 is 6.18 Å². The minimum absolute atomic E-state index is 0.0808. The Balaban J connectivity index is 2.12. The number of hydrogen-bond donors (Lipinski definition) is 2. The minimum atomic E-state index is -4.48. The molecule has 1 aromatic rings. The molecule has 0 spiro atoms. The van der Waals surface area contributed by atoms with Crippen LogP contribution in [0.1, 0.15) is 25.5 Å². The molecule has 17 heavy (non-hydrogen) atoms. The quantitative estimate of drug-likeness (QED) is 0.837. The number of halogens is 3. The molecule has 1 fully saturated rings. The highest BCUT2D eigenvalue weighted by molar-refractivity contribution is 5.38. The Hall–Kier alpha value is -1.37. The van der Waals surface area contributed by atoms with Gasteiger partial charge in [0.15, 0.2) is 0 Å². The first kappa shape index (κ1) is 12.1. The van der Waals surface area contributed by atoms with Gasteiger partial charge in [0, 0.05) is 6.07 Å². The van der Waals surface area contributed by atoms with Gasteiger partial charge in [-0.1, -0.05) is 0 Å². The van der Waals surface area contributed by atoms with Crippen molar-refractivity contribution < 1.29 is 18.3 Å². The van der Waals surface area contributed by atoms with E-state index in [1.165, 1.54) is 0 Å². The molecule has 0 aromatic carbocycles. The molecule has 0 aliphatic heterocycles. The van der Waals surface area contributed by atoms with Crippen LogP contribution in [0.3, 0.4) is 0 Å². The van der Waals surface area contributed by atoms with Crippen molar-refractivity contribution >= 4 is 5.82 Å². The molecular weight excluding hydrogens is 235 g/mol. The molecule has 0 amide bonds. The highest BCUT2D eigenvalue weighted by Gasteiger charge is 2.41. The van der Waals surface area contributed by atoms with E-state index in [1.54, 1.807) is 6.92 Å². The standard InChI is InChI=1S/C10H12F3N3O/c1-9(17)3-2-6(9)16-8-4-7(10(11,12)13)14-5-15-8/h4-6,17H,2-3H2,1H3,(H,14,15,16)/t6-,9-/m1/s1. The van der Waals surface area contributed by atoms with Crippen LogP contribution in [-0.2, 0) is 6.18 Å². The van der Waals surface area contributed by atoms with Gasteiger partial charge in [-0.05, 0) is 19.8 Å². The zero-order chi connectivity index (χ0) is 12.7. The highest BCUT2D eigenvalue weighted by Crippen LogP contribution is 2.34. The molecule has 1 aliphatic carbocycles. The topological polar surface area (TPSA) is 58.0 Å². The van der Waals surface area contributed by atoms with E-state index in [0.29, 0.717) is 12.8 Å². The fourth-order valence-corrected chi connectivity index (χ4v) is 1.70. The Morgan fingerprint density at radius 2 is 2.18 bits per heavy atom. The third kappa shape index (κ3) is 2.49. The van der Waals surface area contributed by atoms with Crippen molar-refractivity contribution in [1.29, 1.82) is 0 Å². The molecule has 0 bridgehead atoms. The van der Waals surface area contributed by atoms with Crippen LogP contribution >= 0.6 is 0 Å². The second kappa shape index (κ2) is 3.83. The molecule has 2 N–H and O–H groups in total. The number of hydrogen-bond acceptors (Lipinski definition) is 4. The lowest BCUT2D eigenvalue weighted by atomic mass is 9.76. The van der Waals surface area contributed by atoms with Gasteiger partial charge < -0.3 is 10.4 Å². The first-order chi connectivity index (χ1) is 7.79. The maximum Gasteiger partial charge on any atom is 0.433 e. The van der Waals surface area contributed by atoms with Crippen molar-refractivity contribution in [1.82, 2.24) is 9.97 Å². The summed E-state index contributed by atoms with van der Waals surface area (Å²) in [4.78, 5) is 6.87. The molecule has 0 radical (unpaired) electrons. The Labute approximate surface area is 95.9 Å². The van der Waals surface area contributed by atoms with Crippen LogP contribution in [0.2, 0.25) is 0 Å². The zero-order valence-corrected chi connectivity index (χ0v) is 9.12. The third-order valence-electron chi connectivity index (χ3n) is 2.97. The van der Waals surface area contributed by atoms with Gasteiger partial charge in [0.2, 0.25) is 0 Å². The van der Waals surface area contributed by atoms with Crippen molar-refractivity contribution in [3.8, 4) is 0 Å². The molecule has 4 nitrogen and oxygen atoms in total. The van der Waals surface area contributed by atoms with Gasteiger partial charge in [-0.25, -0.2) is 9.97 Å². The number of rotatable bonds is 2. The summed E-state index contributed by atoms with van der Waals surface area (Å²) in [6, 6.07) is 0.576. The number of nitrogens with zero attached hydrogens (tertiary/aromatic N) is 2. The number of aliphatic hydroxyl groups is 1. The van der Waals surface area contributed by atoms with Gasteiger partial charge in [0.25, 0.3) is 0 Å². The Kier molecular flexibility index (Phi) is 2.73. The average molecular weight is 247 g/mol. The second-order valence-electron chi connectivity index (χ2n) is 4.38. The van der Waals surface area contributed by atoms with E-state index in [-0.39, 0.29) is 11.9 Å². The molecule has 2 rings (SSSR count). The smallest absolute Gasteiger partial charge is 0.388 e. The Morgan fingerprint density at radius 3 is 2.65 bits per heavy atom. The highest BCUT2D eigenvalue weighted by atomic mass is 19.4. The van der Waals surface area contributed by atoms with Crippen LogP contribution in [0.4, 0.5) is 19.0 Å². The van der Waals surface area contributed by atoms with Gasteiger partial charge in [0.1, 0.15) is 17.8 Å². The van der Waals surface area contributed by atoms with Crippen molar-refractivity contribution in [2.45, 2.75) is 37.6 Å². The fraction of sp³-hybridized carbons (Fsp3) is 0.600. The first-order valence-corrected chi connectivity index (χ1v) is 5.17. The molecule has 1 aliphatic rings. The molecule has 0 unspecified atom stereocenters. The SMILES string of the molecule is C[C@@]1(O)CC[C@H]1Nc1cc(C(F)(F)F)ncn1.